The molecule has 5 nitrogen and oxygen atoms in total. The molecule has 0 amide bonds. The lowest BCUT2D eigenvalue weighted by Crippen LogP contribution is -2.14. The van der Waals surface area contributed by atoms with E-state index in [4.69, 9.17) is 9.26 Å². The molecule has 1 saturated heterocycles. The van der Waals surface area contributed by atoms with Crippen LogP contribution in [-0.4, -0.2) is 28.0 Å². The van der Waals surface area contributed by atoms with Gasteiger partial charge in [-0.05, 0) is 19.3 Å². The van der Waals surface area contributed by atoms with Crippen LogP contribution in [-0.2, 0) is 4.74 Å². The Kier molecular flexibility index (Phi) is 3.56. The smallest absolute Gasteiger partial charge is 0.232 e. The predicted molar refractivity (Wildman–Crippen MR) is 56.9 cm³/mol. The molecule has 90 valence electrons. The minimum Gasteiger partial charge on any atom is -0.392 e. The highest BCUT2D eigenvalue weighted by atomic mass is 16.5. The van der Waals surface area contributed by atoms with E-state index >= 15 is 0 Å². The van der Waals surface area contributed by atoms with Crippen molar-refractivity contribution in [1.29, 1.82) is 0 Å². The number of aliphatic hydroxyl groups excluding tert-OH is 1. The van der Waals surface area contributed by atoms with E-state index in [0.717, 1.165) is 19.4 Å². The minimum atomic E-state index is -0.433. The van der Waals surface area contributed by atoms with Crippen LogP contribution in [0.15, 0.2) is 4.52 Å². The minimum absolute atomic E-state index is 0.0246. The topological polar surface area (TPSA) is 68.4 Å². The predicted octanol–water partition coefficient (Wildman–Crippen LogP) is 1.80. The Hall–Kier alpha value is -0.940. The highest BCUT2D eigenvalue weighted by Gasteiger charge is 2.26. The molecule has 3 atom stereocenters. The van der Waals surface area contributed by atoms with Crippen LogP contribution < -0.4 is 0 Å². The molecule has 0 saturated carbocycles. The van der Waals surface area contributed by atoms with Gasteiger partial charge in [0, 0.05) is 6.61 Å². The highest BCUT2D eigenvalue weighted by Crippen LogP contribution is 2.28. The molecule has 1 aromatic rings. The third kappa shape index (κ3) is 2.25. The molecule has 16 heavy (non-hydrogen) atoms. The van der Waals surface area contributed by atoms with Gasteiger partial charge in [-0.1, -0.05) is 19.0 Å². The average Bonchev–Trinajstić information content (AvgIpc) is 2.96. The van der Waals surface area contributed by atoms with Crippen LogP contribution in [0.1, 0.15) is 56.8 Å². The van der Waals surface area contributed by atoms with E-state index < -0.39 is 6.10 Å². The van der Waals surface area contributed by atoms with Gasteiger partial charge in [-0.25, -0.2) is 0 Å². The van der Waals surface area contributed by atoms with E-state index in [0.29, 0.717) is 18.1 Å². The first-order valence-corrected chi connectivity index (χ1v) is 5.85. The van der Waals surface area contributed by atoms with Crippen molar-refractivity contribution in [2.45, 2.75) is 51.2 Å². The molecular formula is C11H18N2O3. The van der Waals surface area contributed by atoms with Crippen LogP contribution >= 0.6 is 0 Å². The molecule has 1 aliphatic heterocycles. The lowest BCUT2D eigenvalue weighted by atomic mass is 10.0. The van der Waals surface area contributed by atoms with E-state index in [2.05, 4.69) is 10.1 Å². The second-order valence-electron chi connectivity index (χ2n) is 4.26. The van der Waals surface area contributed by atoms with Gasteiger partial charge in [0.1, 0.15) is 6.10 Å². The molecule has 0 aliphatic carbocycles. The van der Waals surface area contributed by atoms with Crippen molar-refractivity contribution < 1.29 is 14.4 Å². The summed E-state index contributed by atoms with van der Waals surface area (Å²) in [4.78, 5) is 4.30. The monoisotopic (exact) mass is 226 g/mol. The van der Waals surface area contributed by atoms with Gasteiger partial charge in [-0.3, -0.25) is 0 Å². The van der Waals surface area contributed by atoms with E-state index in [1.807, 2.05) is 13.8 Å². The first-order valence-electron chi connectivity index (χ1n) is 5.85. The molecule has 1 aliphatic rings. The van der Waals surface area contributed by atoms with E-state index in [1.165, 1.54) is 0 Å². The summed E-state index contributed by atoms with van der Waals surface area (Å²) in [5, 5.41) is 13.6. The molecule has 2 heterocycles. The average molecular weight is 226 g/mol. The fourth-order valence-electron chi connectivity index (χ4n) is 1.86. The quantitative estimate of drug-likeness (QED) is 0.847. The molecule has 0 radical (unpaired) electrons. The summed E-state index contributed by atoms with van der Waals surface area (Å²) in [6.45, 7) is 4.58. The summed E-state index contributed by atoms with van der Waals surface area (Å²) in [5.41, 5.74) is 0. The Labute approximate surface area is 94.8 Å². The number of aromatic nitrogens is 2. The number of nitrogens with zero attached hydrogens (tertiary/aromatic N) is 2. The van der Waals surface area contributed by atoms with E-state index in [-0.39, 0.29) is 12.0 Å². The van der Waals surface area contributed by atoms with Crippen LogP contribution in [0, 0.1) is 0 Å². The normalized spacial score (nSPS) is 24.6. The fraction of sp³-hybridized carbons (Fsp3) is 0.818. The fourth-order valence-corrected chi connectivity index (χ4v) is 1.86. The van der Waals surface area contributed by atoms with Gasteiger partial charge in [-0.15, -0.1) is 0 Å². The Balaban J connectivity index is 2.06. The van der Waals surface area contributed by atoms with Crippen molar-refractivity contribution >= 4 is 0 Å². The summed E-state index contributed by atoms with van der Waals surface area (Å²) in [6, 6.07) is 0. The first-order chi connectivity index (χ1) is 7.72. The van der Waals surface area contributed by atoms with Crippen molar-refractivity contribution in [3.8, 4) is 0 Å². The Morgan fingerprint density at radius 3 is 3.00 bits per heavy atom. The third-order valence-corrected chi connectivity index (χ3v) is 3.06. The Morgan fingerprint density at radius 2 is 2.38 bits per heavy atom. The molecule has 1 aromatic heterocycles. The van der Waals surface area contributed by atoms with Crippen LogP contribution in [0.4, 0.5) is 0 Å². The molecule has 1 fully saturated rings. The molecule has 3 unspecified atom stereocenters. The van der Waals surface area contributed by atoms with Crippen molar-refractivity contribution in [3.63, 3.8) is 0 Å². The number of hydrogen-bond acceptors (Lipinski definition) is 5. The number of aliphatic hydroxyl groups is 1. The SMILES string of the molecule is CCC(O)C(C)c1nc(C2CCCO2)no1. The first kappa shape index (κ1) is 11.5. The van der Waals surface area contributed by atoms with Gasteiger partial charge < -0.3 is 14.4 Å². The van der Waals surface area contributed by atoms with Gasteiger partial charge in [0.25, 0.3) is 0 Å². The summed E-state index contributed by atoms with van der Waals surface area (Å²) in [7, 11) is 0. The van der Waals surface area contributed by atoms with Crippen molar-refractivity contribution in [2.75, 3.05) is 6.61 Å². The second-order valence-corrected chi connectivity index (χ2v) is 4.26. The van der Waals surface area contributed by atoms with Crippen LogP contribution in [0.5, 0.6) is 0 Å². The van der Waals surface area contributed by atoms with Crippen molar-refractivity contribution in [2.24, 2.45) is 0 Å². The van der Waals surface area contributed by atoms with Crippen molar-refractivity contribution in [1.82, 2.24) is 10.1 Å². The molecule has 2 rings (SSSR count). The molecular weight excluding hydrogens is 208 g/mol. The number of hydrogen-bond donors (Lipinski definition) is 1. The molecule has 5 heteroatoms. The number of ether oxygens (including phenoxy) is 1. The zero-order valence-corrected chi connectivity index (χ0v) is 9.72. The maximum atomic E-state index is 9.70. The van der Waals surface area contributed by atoms with Gasteiger partial charge >= 0.3 is 0 Å². The summed E-state index contributed by atoms with van der Waals surface area (Å²) in [6.07, 6.45) is 2.21. The standard InChI is InChI=1S/C11H18N2O3/c1-3-8(14)7(2)11-12-10(13-16-11)9-5-4-6-15-9/h7-9,14H,3-6H2,1-2H3. The van der Waals surface area contributed by atoms with Crippen LogP contribution in [0.25, 0.3) is 0 Å². The van der Waals surface area contributed by atoms with E-state index in [1.54, 1.807) is 0 Å². The van der Waals surface area contributed by atoms with Gasteiger partial charge in [0.15, 0.2) is 0 Å². The zero-order valence-electron chi connectivity index (χ0n) is 9.72. The van der Waals surface area contributed by atoms with Crippen LogP contribution in [0.3, 0.4) is 0 Å². The van der Waals surface area contributed by atoms with Gasteiger partial charge in [0.2, 0.25) is 11.7 Å². The van der Waals surface area contributed by atoms with Gasteiger partial charge in [0.05, 0.1) is 12.0 Å². The highest BCUT2D eigenvalue weighted by molar-refractivity contribution is 4.98. The molecule has 0 bridgehead atoms. The lowest BCUT2D eigenvalue weighted by molar-refractivity contribution is 0.102. The molecule has 0 spiro atoms. The summed E-state index contributed by atoms with van der Waals surface area (Å²) >= 11 is 0. The molecule has 0 aromatic carbocycles. The zero-order chi connectivity index (χ0) is 11.5. The van der Waals surface area contributed by atoms with Crippen LogP contribution in [0.2, 0.25) is 0 Å². The maximum Gasteiger partial charge on any atom is 0.232 e. The number of rotatable bonds is 4. The van der Waals surface area contributed by atoms with Gasteiger partial charge in [-0.2, -0.15) is 4.98 Å². The third-order valence-electron chi connectivity index (χ3n) is 3.06. The maximum absolute atomic E-state index is 9.70. The second kappa shape index (κ2) is 4.93. The molecule has 1 N–H and O–H groups in total. The lowest BCUT2D eigenvalue weighted by Gasteiger charge is -2.12. The largest absolute Gasteiger partial charge is 0.392 e. The Bertz CT molecular complexity index is 334. The van der Waals surface area contributed by atoms with E-state index in [9.17, 15) is 5.11 Å². The Morgan fingerprint density at radius 1 is 1.56 bits per heavy atom. The summed E-state index contributed by atoms with van der Waals surface area (Å²) < 4.78 is 10.6. The summed E-state index contributed by atoms with van der Waals surface area (Å²) in [5.74, 6) is 0.996. The van der Waals surface area contributed by atoms with Crippen molar-refractivity contribution in [3.05, 3.63) is 11.7 Å².